The van der Waals surface area contributed by atoms with Crippen LogP contribution in [0.15, 0.2) is 45.8 Å². The Balaban J connectivity index is 1.90. The third-order valence-electron chi connectivity index (χ3n) is 8.81. The summed E-state index contributed by atoms with van der Waals surface area (Å²) in [5.41, 5.74) is 1.39. The average Bonchev–Trinajstić information content (AvgIpc) is 3.50. The molecule has 0 bridgehead atoms. The van der Waals surface area contributed by atoms with Gasteiger partial charge in [0.1, 0.15) is 5.76 Å². The second-order valence-corrected chi connectivity index (χ2v) is 10.9. The molecular weight excluding hydrogens is 392 g/mol. The number of unbranched alkanes of at least 4 members (excludes halogenated alkanes) is 1. The minimum absolute atomic E-state index is 0.519. The van der Waals surface area contributed by atoms with Crippen LogP contribution in [0.2, 0.25) is 0 Å². The first-order chi connectivity index (χ1) is 15.3. The van der Waals surface area contributed by atoms with Gasteiger partial charge in [0.05, 0.1) is 18.8 Å². The number of hydrogen-bond donors (Lipinski definition) is 0. The van der Waals surface area contributed by atoms with Crippen molar-refractivity contribution in [2.24, 2.45) is 35.5 Å². The quantitative estimate of drug-likeness (QED) is 0.256. The fourth-order valence-electron chi connectivity index (χ4n) is 5.86. The summed E-state index contributed by atoms with van der Waals surface area (Å²) in [7, 11) is 0. The van der Waals surface area contributed by atoms with Gasteiger partial charge in [-0.05, 0) is 65.2 Å². The minimum atomic E-state index is 0.519. The van der Waals surface area contributed by atoms with E-state index >= 15 is 0 Å². The molecule has 0 spiro atoms. The van der Waals surface area contributed by atoms with Crippen LogP contribution in [0, 0.1) is 35.5 Å². The Hall–Kier alpha value is -1.44. The van der Waals surface area contributed by atoms with Crippen LogP contribution in [-0.2, 0) is 0 Å². The molecule has 2 rings (SSSR count). The summed E-state index contributed by atoms with van der Waals surface area (Å²) in [5, 5.41) is 0. The van der Waals surface area contributed by atoms with E-state index in [9.17, 15) is 0 Å². The van der Waals surface area contributed by atoms with E-state index in [1.165, 1.54) is 49.8 Å². The Morgan fingerprint density at radius 3 is 1.84 bits per heavy atom. The molecule has 0 saturated carbocycles. The first-order valence-corrected chi connectivity index (χ1v) is 13.4. The zero-order valence-electron chi connectivity index (χ0n) is 22.1. The summed E-state index contributed by atoms with van der Waals surface area (Å²) in [5.74, 6) is 6.37. The molecule has 0 N–H and O–H groups in total. The van der Waals surface area contributed by atoms with Gasteiger partial charge >= 0.3 is 0 Å². The standard InChI is InChI=1S/C30H50O2/c1-9-21(3)25(7)29(27-17-19-31-20-27)24(6)15-12-11-14-23(5)26(8)30(22(4)10-2)28-16-13-18-32-28/h13,16-26,29-30H,9-12,14-15H2,1-8H3. The highest BCUT2D eigenvalue weighted by atomic mass is 16.3. The van der Waals surface area contributed by atoms with Gasteiger partial charge in [-0.3, -0.25) is 0 Å². The largest absolute Gasteiger partial charge is 0.472 e. The molecule has 2 nitrogen and oxygen atoms in total. The predicted octanol–water partition coefficient (Wildman–Crippen LogP) is 9.94. The smallest absolute Gasteiger partial charge is 0.107 e. The lowest BCUT2D eigenvalue weighted by Crippen LogP contribution is -2.23. The fourth-order valence-corrected chi connectivity index (χ4v) is 5.86. The Morgan fingerprint density at radius 1 is 0.688 bits per heavy atom. The second-order valence-electron chi connectivity index (χ2n) is 10.9. The van der Waals surface area contributed by atoms with E-state index in [0.717, 1.165) is 5.92 Å². The highest BCUT2D eigenvalue weighted by molar-refractivity contribution is 5.15. The molecule has 0 fully saturated rings. The number of furan rings is 2. The molecule has 0 amide bonds. The van der Waals surface area contributed by atoms with Crippen LogP contribution in [0.5, 0.6) is 0 Å². The summed E-state index contributed by atoms with van der Waals surface area (Å²) in [6.45, 7) is 19.2. The van der Waals surface area contributed by atoms with Crippen LogP contribution >= 0.6 is 0 Å². The lowest BCUT2D eigenvalue weighted by molar-refractivity contribution is 0.215. The van der Waals surface area contributed by atoms with Gasteiger partial charge in [0.15, 0.2) is 0 Å². The average molecular weight is 443 g/mol. The molecule has 0 aliphatic carbocycles. The van der Waals surface area contributed by atoms with Crippen LogP contribution in [0.3, 0.4) is 0 Å². The summed E-state index contributed by atoms with van der Waals surface area (Å²) in [4.78, 5) is 0. The first kappa shape index (κ1) is 26.8. The lowest BCUT2D eigenvalue weighted by Gasteiger charge is -2.33. The number of hydrogen-bond acceptors (Lipinski definition) is 2. The zero-order valence-corrected chi connectivity index (χ0v) is 22.1. The fraction of sp³-hybridized carbons (Fsp3) is 0.733. The molecule has 2 aromatic heterocycles. The Kier molecular flexibility index (Phi) is 11.2. The van der Waals surface area contributed by atoms with E-state index in [4.69, 9.17) is 8.83 Å². The van der Waals surface area contributed by atoms with Gasteiger partial charge in [-0.15, -0.1) is 0 Å². The Bertz CT molecular complexity index is 701. The Labute approximate surface area is 198 Å². The summed E-state index contributed by atoms with van der Waals surface area (Å²) < 4.78 is 11.3. The highest BCUT2D eigenvalue weighted by Crippen LogP contribution is 2.41. The first-order valence-electron chi connectivity index (χ1n) is 13.4. The lowest BCUT2D eigenvalue weighted by atomic mass is 9.71. The van der Waals surface area contributed by atoms with Gasteiger partial charge in [-0.1, -0.05) is 93.9 Å². The molecule has 2 heterocycles. The van der Waals surface area contributed by atoms with Crippen LogP contribution in [0.25, 0.3) is 0 Å². The highest BCUT2D eigenvalue weighted by Gasteiger charge is 2.31. The molecule has 8 atom stereocenters. The molecule has 0 aliphatic heterocycles. The van der Waals surface area contributed by atoms with E-state index in [-0.39, 0.29) is 0 Å². The van der Waals surface area contributed by atoms with Gasteiger partial charge in [-0.25, -0.2) is 0 Å². The summed E-state index contributed by atoms with van der Waals surface area (Å²) in [6, 6.07) is 6.41. The molecular formula is C30H50O2. The van der Waals surface area contributed by atoms with Crippen molar-refractivity contribution in [2.75, 3.05) is 0 Å². The van der Waals surface area contributed by atoms with Gasteiger partial charge in [-0.2, -0.15) is 0 Å². The number of rotatable bonds is 15. The van der Waals surface area contributed by atoms with Gasteiger partial charge in [0.25, 0.3) is 0 Å². The molecule has 2 heteroatoms. The normalized spacial score (nSPS) is 19.6. The third-order valence-corrected chi connectivity index (χ3v) is 8.81. The predicted molar refractivity (Wildman–Crippen MR) is 137 cm³/mol. The van der Waals surface area contributed by atoms with E-state index in [1.54, 1.807) is 0 Å². The van der Waals surface area contributed by atoms with Crippen LogP contribution in [0.4, 0.5) is 0 Å². The molecule has 0 saturated heterocycles. The van der Waals surface area contributed by atoms with Crippen LogP contribution in [0.1, 0.15) is 117 Å². The molecule has 0 aromatic carbocycles. The minimum Gasteiger partial charge on any atom is -0.472 e. The summed E-state index contributed by atoms with van der Waals surface area (Å²) >= 11 is 0. The van der Waals surface area contributed by atoms with Gasteiger partial charge < -0.3 is 8.83 Å². The SMILES string of the molecule is CCC(C)C(C)C(c1ccoc1)C(C)CCCCC(C)C(C)C(c1ccco1)C(C)CC. The topological polar surface area (TPSA) is 26.3 Å². The summed E-state index contributed by atoms with van der Waals surface area (Å²) in [6.07, 6.45) is 13.3. The molecule has 0 radical (unpaired) electrons. The van der Waals surface area contributed by atoms with E-state index in [2.05, 4.69) is 67.5 Å². The van der Waals surface area contributed by atoms with Crippen LogP contribution in [-0.4, -0.2) is 0 Å². The zero-order chi connectivity index (χ0) is 23.7. The van der Waals surface area contributed by atoms with Crippen molar-refractivity contribution in [3.05, 3.63) is 48.3 Å². The second kappa shape index (κ2) is 13.3. The molecule has 8 unspecified atom stereocenters. The maximum atomic E-state index is 5.85. The van der Waals surface area contributed by atoms with Gasteiger partial charge in [0.2, 0.25) is 0 Å². The molecule has 2 aromatic rings. The monoisotopic (exact) mass is 442 g/mol. The van der Waals surface area contributed by atoms with Crippen molar-refractivity contribution < 1.29 is 8.83 Å². The van der Waals surface area contributed by atoms with Crippen LogP contribution < -0.4 is 0 Å². The van der Waals surface area contributed by atoms with E-state index < -0.39 is 0 Å². The van der Waals surface area contributed by atoms with Gasteiger partial charge in [0, 0.05) is 5.92 Å². The van der Waals surface area contributed by atoms with Crippen molar-refractivity contribution in [3.8, 4) is 0 Å². The maximum Gasteiger partial charge on any atom is 0.107 e. The third kappa shape index (κ3) is 7.03. The van der Waals surface area contributed by atoms with Crippen molar-refractivity contribution >= 4 is 0 Å². The van der Waals surface area contributed by atoms with Crippen molar-refractivity contribution in [1.82, 2.24) is 0 Å². The van der Waals surface area contributed by atoms with E-state index in [1.807, 2.05) is 24.9 Å². The molecule has 0 aliphatic rings. The maximum absolute atomic E-state index is 5.85. The van der Waals surface area contributed by atoms with E-state index in [0.29, 0.717) is 41.4 Å². The van der Waals surface area contributed by atoms with Crippen molar-refractivity contribution in [1.29, 1.82) is 0 Å². The van der Waals surface area contributed by atoms with Crippen molar-refractivity contribution in [3.63, 3.8) is 0 Å². The molecule has 32 heavy (non-hydrogen) atoms. The molecule has 182 valence electrons. The van der Waals surface area contributed by atoms with Crippen molar-refractivity contribution in [2.45, 2.75) is 106 Å². The Morgan fingerprint density at radius 2 is 1.31 bits per heavy atom.